The molecule has 2 heterocycles. The van der Waals surface area contributed by atoms with Crippen LogP contribution in [0.25, 0.3) is 0 Å². The van der Waals surface area contributed by atoms with Gasteiger partial charge in [0.1, 0.15) is 0 Å². The van der Waals surface area contributed by atoms with Crippen molar-refractivity contribution in [3.05, 3.63) is 0 Å². The number of hydrogen-bond acceptors (Lipinski definition) is 4. The first-order valence-electron chi connectivity index (χ1n) is 7.65. The highest BCUT2D eigenvalue weighted by atomic mass is 16.2. The molecule has 114 valence electrons. The van der Waals surface area contributed by atoms with E-state index in [1.54, 1.807) is 0 Å². The number of nitrogens with two attached hydrogens (primary N) is 1. The maximum Gasteiger partial charge on any atom is 0.225 e. The van der Waals surface area contributed by atoms with Crippen molar-refractivity contribution in [1.29, 1.82) is 0 Å². The molecule has 0 saturated carbocycles. The minimum atomic E-state index is -0.203. The SMILES string of the molecule is CCN1CCCC1CN1CC(C(=O)NCCN)CC1=O. The molecule has 0 bridgehead atoms. The summed E-state index contributed by atoms with van der Waals surface area (Å²) < 4.78 is 0. The molecular formula is C14H26N4O2. The van der Waals surface area contributed by atoms with Crippen LogP contribution in [0.1, 0.15) is 26.2 Å². The van der Waals surface area contributed by atoms with Crippen LogP contribution in [0.2, 0.25) is 0 Å². The Morgan fingerprint density at radius 3 is 3.00 bits per heavy atom. The molecule has 0 radical (unpaired) electrons. The Bertz CT molecular complexity index is 361. The van der Waals surface area contributed by atoms with Crippen molar-refractivity contribution < 1.29 is 9.59 Å². The molecule has 2 unspecified atom stereocenters. The molecule has 0 aromatic carbocycles. The van der Waals surface area contributed by atoms with Gasteiger partial charge in [0.2, 0.25) is 11.8 Å². The molecule has 2 aliphatic rings. The summed E-state index contributed by atoms with van der Waals surface area (Å²) in [6.45, 7) is 6.57. The van der Waals surface area contributed by atoms with Gasteiger partial charge in [0, 0.05) is 38.6 Å². The summed E-state index contributed by atoms with van der Waals surface area (Å²) in [7, 11) is 0. The Kier molecular flexibility index (Phi) is 5.37. The van der Waals surface area contributed by atoms with Gasteiger partial charge in [0.05, 0.1) is 5.92 Å². The van der Waals surface area contributed by atoms with E-state index in [0.29, 0.717) is 32.1 Å². The van der Waals surface area contributed by atoms with Crippen molar-refractivity contribution in [3.8, 4) is 0 Å². The summed E-state index contributed by atoms with van der Waals surface area (Å²) in [5.74, 6) is -0.128. The molecule has 2 aliphatic heterocycles. The molecule has 2 atom stereocenters. The smallest absolute Gasteiger partial charge is 0.225 e. The fraction of sp³-hybridized carbons (Fsp3) is 0.857. The molecule has 0 aliphatic carbocycles. The van der Waals surface area contributed by atoms with Gasteiger partial charge in [-0.15, -0.1) is 0 Å². The predicted molar refractivity (Wildman–Crippen MR) is 77.0 cm³/mol. The second-order valence-corrected chi connectivity index (χ2v) is 5.70. The van der Waals surface area contributed by atoms with Gasteiger partial charge in [-0.25, -0.2) is 0 Å². The summed E-state index contributed by atoms with van der Waals surface area (Å²) in [6.07, 6.45) is 2.71. The predicted octanol–water partition coefficient (Wildman–Crippen LogP) is -0.606. The minimum Gasteiger partial charge on any atom is -0.355 e. The van der Waals surface area contributed by atoms with Gasteiger partial charge in [0.15, 0.2) is 0 Å². The van der Waals surface area contributed by atoms with Crippen molar-refractivity contribution in [3.63, 3.8) is 0 Å². The van der Waals surface area contributed by atoms with Crippen LogP contribution in [0.4, 0.5) is 0 Å². The number of amides is 2. The van der Waals surface area contributed by atoms with Gasteiger partial charge < -0.3 is 16.0 Å². The van der Waals surface area contributed by atoms with Crippen LogP contribution in [0.5, 0.6) is 0 Å². The molecule has 2 fully saturated rings. The van der Waals surface area contributed by atoms with Gasteiger partial charge in [-0.3, -0.25) is 14.5 Å². The van der Waals surface area contributed by atoms with E-state index in [1.807, 2.05) is 4.90 Å². The van der Waals surface area contributed by atoms with E-state index < -0.39 is 0 Å². The zero-order chi connectivity index (χ0) is 14.5. The van der Waals surface area contributed by atoms with Crippen LogP contribution in [0.3, 0.4) is 0 Å². The number of hydrogen-bond donors (Lipinski definition) is 2. The van der Waals surface area contributed by atoms with Crippen molar-refractivity contribution in [1.82, 2.24) is 15.1 Å². The van der Waals surface area contributed by atoms with Crippen molar-refractivity contribution in [2.24, 2.45) is 11.7 Å². The van der Waals surface area contributed by atoms with Crippen LogP contribution < -0.4 is 11.1 Å². The zero-order valence-electron chi connectivity index (χ0n) is 12.3. The third kappa shape index (κ3) is 3.49. The van der Waals surface area contributed by atoms with Crippen LogP contribution >= 0.6 is 0 Å². The largest absolute Gasteiger partial charge is 0.355 e. The molecular weight excluding hydrogens is 256 g/mol. The maximum absolute atomic E-state index is 12.0. The monoisotopic (exact) mass is 282 g/mol. The number of nitrogens with one attached hydrogen (secondary N) is 1. The molecule has 2 rings (SSSR count). The molecule has 2 saturated heterocycles. The lowest BCUT2D eigenvalue weighted by Gasteiger charge is -2.27. The third-order valence-electron chi connectivity index (χ3n) is 4.37. The molecule has 20 heavy (non-hydrogen) atoms. The first-order chi connectivity index (χ1) is 9.65. The minimum absolute atomic E-state index is 0.0370. The van der Waals surface area contributed by atoms with Gasteiger partial charge >= 0.3 is 0 Å². The lowest BCUT2D eigenvalue weighted by atomic mass is 10.1. The van der Waals surface area contributed by atoms with Gasteiger partial charge in [-0.1, -0.05) is 6.92 Å². The molecule has 0 spiro atoms. The highest BCUT2D eigenvalue weighted by molar-refractivity contribution is 5.89. The number of carbonyl (C=O) groups is 2. The van der Waals surface area contributed by atoms with E-state index in [4.69, 9.17) is 5.73 Å². The van der Waals surface area contributed by atoms with E-state index in [0.717, 1.165) is 26.1 Å². The van der Waals surface area contributed by atoms with Crippen molar-refractivity contribution >= 4 is 11.8 Å². The number of likely N-dealkylation sites (tertiary alicyclic amines) is 2. The molecule has 6 nitrogen and oxygen atoms in total. The summed E-state index contributed by atoms with van der Waals surface area (Å²) >= 11 is 0. The summed E-state index contributed by atoms with van der Waals surface area (Å²) in [4.78, 5) is 28.2. The summed E-state index contributed by atoms with van der Waals surface area (Å²) in [6, 6.07) is 0.467. The first kappa shape index (κ1) is 15.3. The highest BCUT2D eigenvalue weighted by Crippen LogP contribution is 2.23. The topological polar surface area (TPSA) is 78.7 Å². The molecule has 6 heteroatoms. The Hall–Kier alpha value is -1.14. The number of rotatable bonds is 6. The first-order valence-corrected chi connectivity index (χ1v) is 7.65. The molecule has 2 amide bonds. The summed E-state index contributed by atoms with van der Waals surface area (Å²) in [5.41, 5.74) is 5.37. The lowest BCUT2D eigenvalue weighted by molar-refractivity contribution is -0.129. The van der Waals surface area contributed by atoms with E-state index in [2.05, 4.69) is 17.1 Å². The fourth-order valence-corrected chi connectivity index (χ4v) is 3.24. The van der Waals surface area contributed by atoms with Crippen molar-refractivity contribution in [2.45, 2.75) is 32.2 Å². The number of carbonyl (C=O) groups excluding carboxylic acids is 2. The third-order valence-corrected chi connectivity index (χ3v) is 4.37. The zero-order valence-corrected chi connectivity index (χ0v) is 12.3. The Labute approximate surface area is 120 Å². The lowest BCUT2D eigenvalue weighted by Crippen LogP contribution is -2.41. The second-order valence-electron chi connectivity index (χ2n) is 5.70. The van der Waals surface area contributed by atoms with Gasteiger partial charge in [0.25, 0.3) is 0 Å². The normalized spacial score (nSPS) is 27.3. The number of nitrogens with zero attached hydrogens (tertiary/aromatic N) is 2. The summed E-state index contributed by atoms with van der Waals surface area (Å²) in [5, 5.41) is 2.78. The Morgan fingerprint density at radius 2 is 2.30 bits per heavy atom. The molecule has 0 aromatic heterocycles. The quantitative estimate of drug-likeness (QED) is 0.681. The van der Waals surface area contributed by atoms with E-state index in [-0.39, 0.29) is 17.7 Å². The Morgan fingerprint density at radius 1 is 1.50 bits per heavy atom. The average molecular weight is 282 g/mol. The van der Waals surface area contributed by atoms with Crippen molar-refractivity contribution in [2.75, 3.05) is 39.3 Å². The highest BCUT2D eigenvalue weighted by Gasteiger charge is 2.36. The number of likely N-dealkylation sites (N-methyl/N-ethyl adjacent to an activating group) is 1. The second kappa shape index (κ2) is 7.04. The van der Waals surface area contributed by atoms with Gasteiger partial charge in [-0.2, -0.15) is 0 Å². The van der Waals surface area contributed by atoms with E-state index in [1.165, 1.54) is 6.42 Å². The molecule has 0 aromatic rings. The maximum atomic E-state index is 12.0. The van der Waals surface area contributed by atoms with E-state index in [9.17, 15) is 9.59 Å². The van der Waals surface area contributed by atoms with Crippen LogP contribution in [-0.2, 0) is 9.59 Å². The van der Waals surface area contributed by atoms with Gasteiger partial charge in [-0.05, 0) is 25.9 Å². The molecule has 3 N–H and O–H groups in total. The van der Waals surface area contributed by atoms with Crippen LogP contribution in [0.15, 0.2) is 0 Å². The standard InChI is InChI=1S/C14H26N4O2/c1-2-17-7-3-4-12(17)10-18-9-11(8-13(18)19)14(20)16-6-5-15/h11-12H,2-10,15H2,1H3,(H,16,20). The van der Waals surface area contributed by atoms with Crippen LogP contribution in [0, 0.1) is 5.92 Å². The van der Waals surface area contributed by atoms with E-state index >= 15 is 0 Å². The average Bonchev–Trinajstić information content (AvgIpc) is 3.04. The van der Waals surface area contributed by atoms with Crippen LogP contribution in [-0.4, -0.2) is 66.9 Å². The Balaban J connectivity index is 1.84. The fourth-order valence-electron chi connectivity index (χ4n) is 3.24.